The van der Waals surface area contributed by atoms with Gasteiger partial charge in [-0.2, -0.15) is 0 Å². The Balaban J connectivity index is 1.53. The Morgan fingerprint density at radius 1 is 1.17 bits per heavy atom. The number of hydrogen-bond acceptors (Lipinski definition) is 3. The van der Waals surface area contributed by atoms with Crippen molar-refractivity contribution in [3.63, 3.8) is 0 Å². The van der Waals surface area contributed by atoms with E-state index in [1.54, 1.807) is 0 Å². The van der Waals surface area contributed by atoms with E-state index in [4.69, 9.17) is 4.74 Å². The third-order valence-electron chi connectivity index (χ3n) is 4.96. The Morgan fingerprint density at radius 2 is 1.91 bits per heavy atom. The summed E-state index contributed by atoms with van der Waals surface area (Å²) in [5, 5.41) is 7.00. The van der Waals surface area contributed by atoms with E-state index in [-0.39, 0.29) is 0 Å². The molecule has 2 rings (SSSR count). The minimum Gasteiger partial charge on any atom is -0.378 e. The van der Waals surface area contributed by atoms with Crippen LogP contribution in [0.5, 0.6) is 0 Å². The molecule has 0 atom stereocenters. The van der Waals surface area contributed by atoms with Crippen molar-refractivity contribution < 1.29 is 4.74 Å². The summed E-state index contributed by atoms with van der Waals surface area (Å²) in [5.41, 5.74) is 0. The van der Waals surface area contributed by atoms with E-state index >= 15 is 0 Å². The number of guanidine groups is 1. The molecular formula is C18H36N4O. The minimum absolute atomic E-state index is 0.528. The van der Waals surface area contributed by atoms with Gasteiger partial charge in [-0.1, -0.05) is 19.8 Å². The normalized spacial score (nSPS) is 21.7. The molecule has 1 aliphatic carbocycles. The third kappa shape index (κ3) is 7.08. The van der Waals surface area contributed by atoms with Crippen molar-refractivity contribution in [3.05, 3.63) is 0 Å². The number of rotatable bonds is 8. The molecule has 2 N–H and O–H groups in total. The van der Waals surface area contributed by atoms with Crippen LogP contribution >= 0.6 is 0 Å². The van der Waals surface area contributed by atoms with E-state index in [9.17, 15) is 0 Å². The van der Waals surface area contributed by atoms with Crippen LogP contribution in [0.1, 0.15) is 58.3 Å². The standard InChI is InChI=1S/C18H36N4O/c1-3-12-22-13-9-16(10-14-22)21-18(19-2)20-11-6-15-23-17-7-4-5-8-17/h16-17H,3-15H2,1-2H3,(H2,19,20,21). The van der Waals surface area contributed by atoms with Crippen LogP contribution in [0, 0.1) is 0 Å². The van der Waals surface area contributed by atoms with Crippen molar-refractivity contribution in [1.82, 2.24) is 15.5 Å². The maximum absolute atomic E-state index is 5.90. The lowest BCUT2D eigenvalue weighted by Gasteiger charge is -2.32. The lowest BCUT2D eigenvalue weighted by atomic mass is 10.1. The molecule has 23 heavy (non-hydrogen) atoms. The molecule has 0 spiro atoms. The second kappa shape index (κ2) is 10.9. The van der Waals surface area contributed by atoms with Crippen molar-refractivity contribution in [3.8, 4) is 0 Å². The molecule has 1 heterocycles. The number of nitrogens with one attached hydrogen (secondary N) is 2. The zero-order chi connectivity index (χ0) is 16.3. The first-order valence-corrected chi connectivity index (χ1v) is 9.63. The van der Waals surface area contributed by atoms with Gasteiger partial charge in [-0.05, 0) is 45.1 Å². The molecule has 0 amide bonds. The molecule has 0 radical (unpaired) electrons. The fourth-order valence-electron chi connectivity index (χ4n) is 3.59. The lowest BCUT2D eigenvalue weighted by molar-refractivity contribution is 0.0574. The van der Waals surface area contributed by atoms with E-state index in [2.05, 4.69) is 27.4 Å². The molecular weight excluding hydrogens is 288 g/mol. The minimum atomic E-state index is 0.528. The van der Waals surface area contributed by atoms with Crippen molar-refractivity contribution in [2.75, 3.05) is 39.8 Å². The quantitative estimate of drug-likeness (QED) is 0.409. The fourth-order valence-corrected chi connectivity index (χ4v) is 3.59. The molecule has 0 aromatic rings. The summed E-state index contributed by atoms with van der Waals surface area (Å²) in [6.45, 7) is 7.70. The zero-order valence-electron chi connectivity index (χ0n) is 15.1. The summed E-state index contributed by atoms with van der Waals surface area (Å²) < 4.78 is 5.90. The van der Waals surface area contributed by atoms with Gasteiger partial charge in [0.2, 0.25) is 0 Å². The highest BCUT2D eigenvalue weighted by atomic mass is 16.5. The average Bonchev–Trinajstić information content (AvgIpc) is 3.09. The molecule has 5 heteroatoms. The van der Waals surface area contributed by atoms with Crippen LogP contribution in [0.2, 0.25) is 0 Å². The highest BCUT2D eigenvalue weighted by Gasteiger charge is 2.19. The zero-order valence-corrected chi connectivity index (χ0v) is 15.1. The Kier molecular flexibility index (Phi) is 8.76. The number of aliphatic imine (C=N–C) groups is 1. The van der Waals surface area contributed by atoms with Crippen molar-refractivity contribution in [2.45, 2.75) is 70.4 Å². The van der Waals surface area contributed by atoms with Crippen LogP contribution in [0.25, 0.3) is 0 Å². The number of nitrogens with zero attached hydrogens (tertiary/aromatic N) is 2. The van der Waals surface area contributed by atoms with Crippen LogP contribution in [0.4, 0.5) is 0 Å². The summed E-state index contributed by atoms with van der Waals surface area (Å²) >= 11 is 0. The number of piperidine rings is 1. The van der Waals surface area contributed by atoms with Crippen LogP contribution in [-0.4, -0.2) is 62.8 Å². The Bertz CT molecular complexity index is 334. The van der Waals surface area contributed by atoms with Crippen LogP contribution in [0.3, 0.4) is 0 Å². The van der Waals surface area contributed by atoms with Gasteiger partial charge in [0.25, 0.3) is 0 Å². The van der Waals surface area contributed by atoms with Gasteiger partial charge in [-0.25, -0.2) is 0 Å². The highest BCUT2D eigenvalue weighted by molar-refractivity contribution is 5.79. The third-order valence-corrected chi connectivity index (χ3v) is 4.96. The van der Waals surface area contributed by atoms with Crippen molar-refractivity contribution >= 4 is 5.96 Å². The monoisotopic (exact) mass is 324 g/mol. The molecule has 134 valence electrons. The number of ether oxygens (including phenoxy) is 1. The summed E-state index contributed by atoms with van der Waals surface area (Å²) in [6, 6.07) is 0.559. The maximum atomic E-state index is 5.90. The maximum Gasteiger partial charge on any atom is 0.191 e. The van der Waals surface area contributed by atoms with Gasteiger partial charge in [0, 0.05) is 39.3 Å². The molecule has 2 fully saturated rings. The van der Waals surface area contributed by atoms with Crippen molar-refractivity contribution in [1.29, 1.82) is 0 Å². The first-order chi connectivity index (χ1) is 11.3. The largest absolute Gasteiger partial charge is 0.378 e. The summed E-state index contributed by atoms with van der Waals surface area (Å²) in [5.74, 6) is 0.944. The molecule has 0 aromatic heterocycles. The molecule has 0 aromatic carbocycles. The van der Waals surface area contributed by atoms with Gasteiger partial charge in [0.05, 0.1) is 6.10 Å². The number of likely N-dealkylation sites (tertiary alicyclic amines) is 1. The van der Waals surface area contributed by atoms with Gasteiger partial charge in [0.15, 0.2) is 5.96 Å². The summed E-state index contributed by atoms with van der Waals surface area (Å²) in [7, 11) is 1.86. The van der Waals surface area contributed by atoms with E-state index in [1.165, 1.54) is 64.6 Å². The molecule has 1 saturated carbocycles. The van der Waals surface area contributed by atoms with Crippen LogP contribution < -0.4 is 10.6 Å². The Hall–Kier alpha value is -0.810. The average molecular weight is 325 g/mol. The van der Waals surface area contributed by atoms with E-state index in [1.807, 2.05) is 7.05 Å². The number of hydrogen-bond donors (Lipinski definition) is 2. The molecule has 1 saturated heterocycles. The van der Waals surface area contributed by atoms with Gasteiger partial charge < -0.3 is 20.3 Å². The van der Waals surface area contributed by atoms with E-state index in [0.29, 0.717) is 12.1 Å². The predicted molar refractivity (Wildman–Crippen MR) is 97.1 cm³/mol. The fraction of sp³-hybridized carbons (Fsp3) is 0.944. The van der Waals surface area contributed by atoms with E-state index < -0.39 is 0 Å². The second-order valence-corrected chi connectivity index (χ2v) is 6.89. The first kappa shape index (κ1) is 18.5. The second-order valence-electron chi connectivity index (χ2n) is 6.89. The van der Waals surface area contributed by atoms with Crippen molar-refractivity contribution in [2.24, 2.45) is 4.99 Å². The molecule has 0 unspecified atom stereocenters. The van der Waals surface area contributed by atoms with Crippen LogP contribution in [-0.2, 0) is 4.74 Å². The topological polar surface area (TPSA) is 48.9 Å². The Morgan fingerprint density at radius 3 is 2.57 bits per heavy atom. The summed E-state index contributed by atoms with van der Waals surface area (Å²) in [6.07, 6.45) is 10.5. The smallest absolute Gasteiger partial charge is 0.191 e. The molecule has 2 aliphatic rings. The highest BCUT2D eigenvalue weighted by Crippen LogP contribution is 2.20. The molecule has 5 nitrogen and oxygen atoms in total. The van der Waals surface area contributed by atoms with Crippen LogP contribution in [0.15, 0.2) is 4.99 Å². The molecule has 0 bridgehead atoms. The Labute approximate surface area is 142 Å². The molecule has 1 aliphatic heterocycles. The first-order valence-electron chi connectivity index (χ1n) is 9.63. The van der Waals surface area contributed by atoms with Gasteiger partial charge in [-0.3, -0.25) is 4.99 Å². The van der Waals surface area contributed by atoms with Gasteiger partial charge in [0.1, 0.15) is 0 Å². The van der Waals surface area contributed by atoms with E-state index in [0.717, 1.165) is 25.5 Å². The summed E-state index contributed by atoms with van der Waals surface area (Å²) in [4.78, 5) is 6.92. The lowest BCUT2D eigenvalue weighted by Crippen LogP contribution is -2.49. The van der Waals surface area contributed by atoms with Gasteiger partial charge >= 0.3 is 0 Å². The SMILES string of the molecule is CCCN1CCC(NC(=NC)NCCCOC2CCCC2)CC1. The van der Waals surface area contributed by atoms with Gasteiger partial charge in [-0.15, -0.1) is 0 Å². The predicted octanol–water partition coefficient (Wildman–Crippen LogP) is 2.38.